The zero-order valence-corrected chi connectivity index (χ0v) is 15.6. The highest BCUT2D eigenvalue weighted by Crippen LogP contribution is 2.39. The molecule has 3 rings (SSSR count). The predicted molar refractivity (Wildman–Crippen MR) is 101 cm³/mol. The summed E-state index contributed by atoms with van der Waals surface area (Å²) >= 11 is 0. The molecular formula is C18H30Cl2N2O. The Kier molecular flexibility index (Phi) is 9.30. The Morgan fingerprint density at radius 3 is 2.43 bits per heavy atom. The van der Waals surface area contributed by atoms with Crippen LogP contribution < -0.4 is 10.1 Å². The maximum atomic E-state index is 5.45. The van der Waals surface area contributed by atoms with Gasteiger partial charge in [-0.15, -0.1) is 24.8 Å². The van der Waals surface area contributed by atoms with Crippen LogP contribution in [0.5, 0.6) is 5.75 Å². The van der Waals surface area contributed by atoms with E-state index in [4.69, 9.17) is 4.74 Å². The summed E-state index contributed by atoms with van der Waals surface area (Å²) in [6.07, 6.45) is 6.98. The topological polar surface area (TPSA) is 24.5 Å². The Morgan fingerprint density at radius 2 is 1.78 bits per heavy atom. The molecule has 1 heterocycles. The average molecular weight is 361 g/mol. The first-order valence-electron chi connectivity index (χ1n) is 8.47. The molecule has 132 valence electrons. The van der Waals surface area contributed by atoms with Gasteiger partial charge in [0, 0.05) is 32.2 Å². The van der Waals surface area contributed by atoms with Gasteiger partial charge in [0.1, 0.15) is 5.75 Å². The highest BCUT2D eigenvalue weighted by atomic mass is 35.5. The molecule has 5 heteroatoms. The second-order valence-electron chi connectivity index (χ2n) is 6.41. The number of benzene rings is 1. The van der Waals surface area contributed by atoms with Crippen molar-refractivity contribution in [2.45, 2.75) is 38.1 Å². The maximum absolute atomic E-state index is 5.45. The average Bonchev–Trinajstić information content (AvgIpc) is 2.57. The van der Waals surface area contributed by atoms with Crippen molar-refractivity contribution in [3.8, 4) is 5.75 Å². The van der Waals surface area contributed by atoms with Gasteiger partial charge in [-0.25, -0.2) is 0 Å². The van der Waals surface area contributed by atoms with E-state index in [1.807, 2.05) is 0 Å². The first-order chi connectivity index (χ1) is 10.4. The lowest BCUT2D eigenvalue weighted by molar-refractivity contribution is 0.103. The number of hydrogen-bond acceptors (Lipinski definition) is 3. The lowest BCUT2D eigenvalue weighted by Crippen LogP contribution is -2.47. The Hall–Kier alpha value is -0.480. The van der Waals surface area contributed by atoms with E-state index in [-0.39, 0.29) is 24.8 Å². The number of hydrogen-bond donors (Lipinski definition) is 1. The van der Waals surface area contributed by atoms with Crippen LogP contribution in [0.1, 0.15) is 43.7 Å². The summed E-state index contributed by atoms with van der Waals surface area (Å²) in [6, 6.07) is 9.32. The molecule has 2 fully saturated rings. The molecule has 2 aliphatic rings. The molecule has 1 N–H and O–H groups in total. The molecule has 0 spiro atoms. The summed E-state index contributed by atoms with van der Waals surface area (Å²) in [7, 11) is 1.76. The normalized spacial score (nSPS) is 20.9. The van der Waals surface area contributed by atoms with Crippen molar-refractivity contribution >= 4 is 24.8 Å². The van der Waals surface area contributed by atoms with Gasteiger partial charge in [0.25, 0.3) is 0 Å². The number of piperazine rings is 1. The number of rotatable bonds is 4. The van der Waals surface area contributed by atoms with Crippen molar-refractivity contribution in [3.63, 3.8) is 0 Å². The second-order valence-corrected chi connectivity index (χ2v) is 6.41. The van der Waals surface area contributed by atoms with Crippen LogP contribution in [0.25, 0.3) is 0 Å². The molecule has 3 nitrogen and oxygen atoms in total. The van der Waals surface area contributed by atoms with Gasteiger partial charge in [0.15, 0.2) is 0 Å². The van der Waals surface area contributed by atoms with E-state index in [1.165, 1.54) is 50.8 Å². The predicted octanol–water partition coefficient (Wildman–Crippen LogP) is 4.07. The minimum Gasteiger partial charge on any atom is -0.497 e. The molecule has 0 unspecified atom stereocenters. The Bertz CT molecular complexity index is 428. The SMILES string of the molecule is COc1cccc([C@@H](C2CCCCC2)N2CCNCC2)c1.Cl.Cl. The monoisotopic (exact) mass is 360 g/mol. The number of halogens is 2. The van der Waals surface area contributed by atoms with Crippen LogP contribution in [0, 0.1) is 5.92 Å². The van der Waals surface area contributed by atoms with E-state index in [1.54, 1.807) is 7.11 Å². The lowest BCUT2D eigenvalue weighted by atomic mass is 9.80. The summed E-state index contributed by atoms with van der Waals surface area (Å²) in [5.74, 6) is 1.80. The largest absolute Gasteiger partial charge is 0.497 e. The van der Waals surface area contributed by atoms with Gasteiger partial charge < -0.3 is 10.1 Å². The van der Waals surface area contributed by atoms with Crippen molar-refractivity contribution in [1.29, 1.82) is 0 Å². The van der Waals surface area contributed by atoms with Crippen molar-refractivity contribution in [3.05, 3.63) is 29.8 Å². The quantitative estimate of drug-likeness (QED) is 0.875. The summed E-state index contributed by atoms with van der Waals surface area (Å²) in [5.41, 5.74) is 1.45. The van der Waals surface area contributed by atoms with Crippen LogP contribution in [0.3, 0.4) is 0 Å². The zero-order valence-electron chi connectivity index (χ0n) is 14.0. The Labute approximate surface area is 153 Å². The van der Waals surface area contributed by atoms with Crippen LogP contribution in [0.4, 0.5) is 0 Å². The first kappa shape index (κ1) is 20.6. The van der Waals surface area contributed by atoms with E-state index in [2.05, 4.69) is 34.5 Å². The second kappa shape index (κ2) is 10.4. The van der Waals surface area contributed by atoms with Gasteiger partial charge in [0.2, 0.25) is 0 Å². The molecule has 1 aliphatic carbocycles. The molecule has 0 amide bonds. The van der Waals surface area contributed by atoms with Gasteiger partial charge in [-0.1, -0.05) is 31.4 Å². The molecule has 0 radical (unpaired) electrons. The third-order valence-electron chi connectivity index (χ3n) is 5.08. The Morgan fingerprint density at radius 1 is 1.09 bits per heavy atom. The first-order valence-corrected chi connectivity index (χ1v) is 8.47. The highest BCUT2D eigenvalue weighted by Gasteiger charge is 2.30. The van der Waals surface area contributed by atoms with E-state index in [9.17, 15) is 0 Å². The third-order valence-corrected chi connectivity index (χ3v) is 5.08. The number of ether oxygens (including phenoxy) is 1. The molecule has 23 heavy (non-hydrogen) atoms. The van der Waals surface area contributed by atoms with Crippen molar-refractivity contribution < 1.29 is 4.74 Å². The standard InChI is InChI=1S/C18H28N2O.2ClH/c1-21-17-9-5-8-16(14-17)18(15-6-3-2-4-7-15)20-12-10-19-11-13-20;;/h5,8-9,14-15,18-19H,2-4,6-7,10-13H2,1H3;2*1H/t18-;;/m1../s1. The van der Waals surface area contributed by atoms with Crippen molar-refractivity contribution in [2.24, 2.45) is 5.92 Å². The van der Waals surface area contributed by atoms with Gasteiger partial charge in [0.05, 0.1) is 7.11 Å². The fourth-order valence-corrected chi connectivity index (χ4v) is 4.02. The molecule has 0 bridgehead atoms. The van der Waals surface area contributed by atoms with Crippen LogP contribution >= 0.6 is 24.8 Å². The summed E-state index contributed by atoms with van der Waals surface area (Å²) in [6.45, 7) is 4.57. The van der Waals surface area contributed by atoms with Gasteiger partial charge in [-0.3, -0.25) is 4.90 Å². The zero-order chi connectivity index (χ0) is 14.5. The smallest absolute Gasteiger partial charge is 0.119 e. The molecule has 1 aromatic carbocycles. The number of nitrogens with zero attached hydrogens (tertiary/aromatic N) is 1. The van der Waals surface area contributed by atoms with Gasteiger partial charge in [-0.05, 0) is 36.5 Å². The summed E-state index contributed by atoms with van der Waals surface area (Å²) < 4.78 is 5.45. The minimum absolute atomic E-state index is 0. The fourth-order valence-electron chi connectivity index (χ4n) is 4.02. The molecule has 1 aliphatic heterocycles. The fraction of sp³-hybridized carbons (Fsp3) is 0.667. The van der Waals surface area contributed by atoms with Gasteiger partial charge >= 0.3 is 0 Å². The van der Waals surface area contributed by atoms with Crippen LogP contribution in [0.15, 0.2) is 24.3 Å². The number of nitrogens with one attached hydrogen (secondary N) is 1. The third kappa shape index (κ3) is 5.25. The van der Waals surface area contributed by atoms with Crippen LogP contribution in [-0.2, 0) is 0 Å². The van der Waals surface area contributed by atoms with Crippen LogP contribution in [0.2, 0.25) is 0 Å². The van der Waals surface area contributed by atoms with E-state index in [0.717, 1.165) is 24.8 Å². The molecule has 1 saturated heterocycles. The highest BCUT2D eigenvalue weighted by molar-refractivity contribution is 5.85. The maximum Gasteiger partial charge on any atom is 0.119 e. The van der Waals surface area contributed by atoms with E-state index < -0.39 is 0 Å². The van der Waals surface area contributed by atoms with Crippen LogP contribution in [-0.4, -0.2) is 38.2 Å². The van der Waals surface area contributed by atoms with E-state index in [0.29, 0.717) is 6.04 Å². The lowest BCUT2D eigenvalue weighted by Gasteiger charge is -2.41. The molecule has 1 saturated carbocycles. The minimum atomic E-state index is 0. The van der Waals surface area contributed by atoms with Crippen molar-refractivity contribution in [1.82, 2.24) is 10.2 Å². The molecule has 0 aromatic heterocycles. The molecule has 1 aromatic rings. The van der Waals surface area contributed by atoms with Gasteiger partial charge in [-0.2, -0.15) is 0 Å². The molecular weight excluding hydrogens is 331 g/mol. The van der Waals surface area contributed by atoms with Crippen molar-refractivity contribution in [2.75, 3.05) is 33.3 Å². The summed E-state index contributed by atoms with van der Waals surface area (Å²) in [5, 5.41) is 3.48. The molecule has 1 atom stereocenters. The summed E-state index contributed by atoms with van der Waals surface area (Å²) in [4.78, 5) is 2.70. The number of methoxy groups -OCH3 is 1. The Balaban J connectivity index is 0.00000132. The van der Waals surface area contributed by atoms with E-state index >= 15 is 0 Å².